The summed E-state index contributed by atoms with van der Waals surface area (Å²) in [4.78, 5) is 39.3. The van der Waals surface area contributed by atoms with Gasteiger partial charge in [0.25, 0.3) is 0 Å². The van der Waals surface area contributed by atoms with Crippen LogP contribution in [-0.2, 0) is 9.59 Å². The van der Waals surface area contributed by atoms with Crippen LogP contribution in [0.25, 0.3) is 0 Å². The number of hydrogen-bond donors (Lipinski definition) is 3. The van der Waals surface area contributed by atoms with Gasteiger partial charge in [0, 0.05) is 36.6 Å². The number of carbonyl (C=O) groups excluding carboxylic acids is 3. The summed E-state index contributed by atoms with van der Waals surface area (Å²) in [5.41, 5.74) is 0.803. The summed E-state index contributed by atoms with van der Waals surface area (Å²) in [6.45, 7) is 1.83. The van der Waals surface area contributed by atoms with Crippen LogP contribution < -0.4 is 14.8 Å². The molecule has 3 unspecified atom stereocenters. The number of ether oxygens (including phenoxy) is 2. The monoisotopic (exact) mass is 614 g/mol. The first kappa shape index (κ1) is 28.4. The lowest BCUT2D eigenvalue weighted by molar-refractivity contribution is -0.142. The highest BCUT2D eigenvalue weighted by molar-refractivity contribution is 14.1. The van der Waals surface area contributed by atoms with E-state index in [1.165, 1.54) is 7.11 Å². The highest BCUT2D eigenvalue weighted by atomic mass is 127. The van der Waals surface area contributed by atoms with Crippen LogP contribution in [0.3, 0.4) is 0 Å². The Hall–Kier alpha value is -2.18. The quantitative estimate of drug-likeness (QED) is 0.259. The van der Waals surface area contributed by atoms with Crippen molar-refractivity contribution in [3.8, 4) is 11.5 Å². The summed E-state index contributed by atoms with van der Waals surface area (Å²) >= 11 is 2.03. The zero-order chi connectivity index (χ0) is 26.2. The van der Waals surface area contributed by atoms with Gasteiger partial charge in [-0.15, -0.1) is 0 Å². The van der Waals surface area contributed by atoms with E-state index in [1.807, 2.05) is 29.5 Å². The van der Waals surface area contributed by atoms with E-state index in [9.17, 15) is 19.5 Å². The molecule has 3 rings (SSSR count). The number of rotatable bonds is 11. The van der Waals surface area contributed by atoms with Crippen LogP contribution in [-0.4, -0.2) is 77.8 Å². The molecule has 1 saturated carbocycles. The lowest BCUT2D eigenvalue weighted by atomic mass is 9.87. The van der Waals surface area contributed by atoms with Crippen molar-refractivity contribution >= 4 is 40.7 Å². The second-order valence-corrected chi connectivity index (χ2v) is 10.3. The van der Waals surface area contributed by atoms with E-state index in [1.54, 1.807) is 23.1 Å². The molecule has 0 spiro atoms. The molecule has 2 aliphatic rings. The van der Waals surface area contributed by atoms with Crippen LogP contribution in [0, 0.1) is 3.57 Å². The van der Waals surface area contributed by atoms with E-state index in [-0.39, 0.29) is 37.4 Å². The van der Waals surface area contributed by atoms with Crippen LogP contribution in [0.1, 0.15) is 62.2 Å². The van der Waals surface area contributed by atoms with Crippen LogP contribution >= 0.6 is 22.6 Å². The lowest BCUT2D eigenvalue weighted by Gasteiger charge is -2.43. The number of methoxy groups -OCH3 is 1. The predicted octanol–water partition coefficient (Wildman–Crippen LogP) is 2.60. The van der Waals surface area contributed by atoms with Crippen molar-refractivity contribution in [3.05, 3.63) is 32.9 Å². The molecule has 2 aliphatic carbocycles. The zero-order valence-corrected chi connectivity index (χ0v) is 22.9. The van der Waals surface area contributed by atoms with Crippen molar-refractivity contribution in [2.24, 2.45) is 0 Å². The summed E-state index contributed by atoms with van der Waals surface area (Å²) in [7, 11) is 1.46. The summed E-state index contributed by atoms with van der Waals surface area (Å²) in [5.74, 6) is 0.258. The van der Waals surface area contributed by atoms with Crippen LogP contribution in [0.4, 0.5) is 0 Å². The third kappa shape index (κ3) is 6.57. The fourth-order valence-corrected chi connectivity index (χ4v) is 5.74. The topological polar surface area (TPSA) is 125 Å². The molecule has 9 nitrogen and oxygen atoms in total. The van der Waals surface area contributed by atoms with E-state index in [2.05, 4.69) is 5.32 Å². The average molecular weight is 614 g/mol. The van der Waals surface area contributed by atoms with Gasteiger partial charge in [0.15, 0.2) is 11.5 Å². The van der Waals surface area contributed by atoms with Gasteiger partial charge in [-0.1, -0.05) is 19.8 Å². The summed E-state index contributed by atoms with van der Waals surface area (Å²) in [6.07, 6.45) is 5.23. The molecular formula is C26H35IN2O7. The largest absolute Gasteiger partial charge is 0.493 e. The third-order valence-electron chi connectivity index (χ3n) is 6.68. The van der Waals surface area contributed by atoms with Crippen molar-refractivity contribution in [2.45, 2.75) is 76.2 Å². The molecular weight excluding hydrogens is 579 g/mol. The lowest BCUT2D eigenvalue weighted by Crippen LogP contribution is -2.57. The Kier molecular flexibility index (Phi) is 10.6. The minimum atomic E-state index is -1.09. The van der Waals surface area contributed by atoms with E-state index in [0.717, 1.165) is 25.7 Å². The number of aliphatic hydroxyl groups is 2. The van der Waals surface area contributed by atoms with Crippen LogP contribution in [0.5, 0.6) is 11.5 Å². The molecule has 36 heavy (non-hydrogen) atoms. The SMILES string of the molecule is CCCC(=O)N(C1CCCC1)C1CC(C(=O)NCCO)=CC(Oc2c(I)cc(C=O)cc2OC)C1O. The van der Waals surface area contributed by atoms with Gasteiger partial charge < -0.3 is 29.9 Å². The number of aliphatic hydroxyl groups excluding tert-OH is 2. The van der Waals surface area contributed by atoms with E-state index in [4.69, 9.17) is 14.6 Å². The van der Waals surface area contributed by atoms with Gasteiger partial charge in [0.1, 0.15) is 18.5 Å². The predicted molar refractivity (Wildman–Crippen MR) is 142 cm³/mol. The zero-order valence-electron chi connectivity index (χ0n) is 20.7. The number of amides is 2. The molecule has 0 radical (unpaired) electrons. The van der Waals surface area contributed by atoms with Gasteiger partial charge >= 0.3 is 0 Å². The first-order chi connectivity index (χ1) is 17.3. The molecule has 0 aromatic heterocycles. The van der Waals surface area contributed by atoms with Crippen molar-refractivity contribution in [1.82, 2.24) is 10.2 Å². The molecule has 0 bridgehead atoms. The van der Waals surface area contributed by atoms with Crippen LogP contribution in [0.2, 0.25) is 0 Å². The molecule has 3 N–H and O–H groups in total. The van der Waals surface area contributed by atoms with Crippen molar-refractivity contribution in [3.63, 3.8) is 0 Å². The van der Waals surface area contributed by atoms with E-state index < -0.39 is 18.2 Å². The summed E-state index contributed by atoms with van der Waals surface area (Å²) in [6, 6.07) is 2.55. The number of nitrogens with zero attached hydrogens (tertiary/aromatic N) is 1. The fraction of sp³-hybridized carbons (Fsp3) is 0.577. The number of halogens is 1. The maximum absolute atomic E-state index is 13.3. The van der Waals surface area contributed by atoms with E-state index >= 15 is 0 Å². The number of aldehydes is 1. The third-order valence-corrected chi connectivity index (χ3v) is 7.48. The average Bonchev–Trinajstić information content (AvgIpc) is 3.40. The summed E-state index contributed by atoms with van der Waals surface area (Å²) < 4.78 is 12.3. The Balaban J connectivity index is 2.01. The Morgan fingerprint density at radius 1 is 1.28 bits per heavy atom. The van der Waals surface area contributed by atoms with Crippen LogP contribution in [0.15, 0.2) is 23.8 Å². The molecule has 1 aromatic carbocycles. The standard InChI is InChI=1S/C26H35IN2O7/c1-3-6-23(32)29(18-7-4-5-8-18)20-13-17(26(34)28-9-10-30)14-21(24(20)33)36-25-19(27)11-16(15-31)12-22(25)35-2/h11-12,14-15,18,20-21,24,30,33H,3-10,13H2,1-2H3,(H,28,34). The first-order valence-corrected chi connectivity index (χ1v) is 13.5. The molecule has 198 valence electrons. The smallest absolute Gasteiger partial charge is 0.247 e. The summed E-state index contributed by atoms with van der Waals surface area (Å²) in [5, 5.41) is 23.4. The van der Waals surface area contributed by atoms with Crippen molar-refractivity contribution in [2.75, 3.05) is 20.3 Å². The van der Waals surface area contributed by atoms with Gasteiger partial charge in [-0.2, -0.15) is 0 Å². The van der Waals surface area contributed by atoms with Gasteiger partial charge in [0.05, 0.1) is 23.3 Å². The first-order valence-electron chi connectivity index (χ1n) is 12.4. The maximum atomic E-state index is 13.3. The van der Waals surface area contributed by atoms with Gasteiger partial charge in [-0.3, -0.25) is 14.4 Å². The van der Waals surface area contributed by atoms with Gasteiger partial charge in [0.2, 0.25) is 11.8 Å². The van der Waals surface area contributed by atoms with Crippen molar-refractivity contribution < 1.29 is 34.1 Å². The Bertz CT molecular complexity index is 977. The Labute approximate surface area is 225 Å². The van der Waals surface area contributed by atoms with Gasteiger partial charge in [-0.05, 0) is 60.1 Å². The second kappa shape index (κ2) is 13.4. The molecule has 3 atom stereocenters. The van der Waals surface area contributed by atoms with E-state index in [0.29, 0.717) is 45.3 Å². The maximum Gasteiger partial charge on any atom is 0.247 e. The molecule has 1 aromatic rings. The van der Waals surface area contributed by atoms with Gasteiger partial charge in [-0.25, -0.2) is 0 Å². The molecule has 0 saturated heterocycles. The number of carbonyl (C=O) groups is 3. The second-order valence-electron chi connectivity index (χ2n) is 9.16. The normalized spacial score (nSPS) is 22.0. The molecule has 2 amide bonds. The molecule has 10 heteroatoms. The Morgan fingerprint density at radius 3 is 2.61 bits per heavy atom. The number of nitrogens with one attached hydrogen (secondary N) is 1. The molecule has 1 fully saturated rings. The minimum Gasteiger partial charge on any atom is -0.493 e. The highest BCUT2D eigenvalue weighted by Gasteiger charge is 2.43. The number of hydrogen-bond acceptors (Lipinski definition) is 7. The molecule has 0 heterocycles. The Morgan fingerprint density at radius 2 is 2.00 bits per heavy atom. The fourth-order valence-electron chi connectivity index (χ4n) is 4.99. The number of benzene rings is 1. The molecule has 0 aliphatic heterocycles. The van der Waals surface area contributed by atoms with Crippen molar-refractivity contribution in [1.29, 1.82) is 0 Å². The minimum absolute atomic E-state index is 0.00532. The highest BCUT2D eigenvalue weighted by Crippen LogP contribution is 2.38.